The maximum atomic E-state index is 11.9. The highest BCUT2D eigenvalue weighted by Gasteiger charge is 2.47. The second-order valence-electron chi connectivity index (χ2n) is 8.83. The number of rotatable bonds is 9. The van der Waals surface area contributed by atoms with E-state index < -0.39 is 5.79 Å². The van der Waals surface area contributed by atoms with Crippen molar-refractivity contribution in [3.05, 3.63) is 11.8 Å². The van der Waals surface area contributed by atoms with Crippen LogP contribution in [0.2, 0.25) is 0 Å². The van der Waals surface area contributed by atoms with Crippen LogP contribution in [0.4, 0.5) is 0 Å². The molecule has 150 valence electrons. The standard InChI is InChI=1S/C21H30O6/c22-20(23-11-14-4-6-16-18(9-14)26-16)3-1-2-8-21(13-25-21)24-12-15-5-7-17-19(10-15)27-17/h12,14,16-19H,1-11,13H2/b15-12+. The predicted octanol–water partition coefficient (Wildman–Crippen LogP) is 3.24. The Bertz CT molecular complexity index is 597. The number of hydrogen-bond donors (Lipinski definition) is 0. The van der Waals surface area contributed by atoms with Gasteiger partial charge in [0.2, 0.25) is 5.79 Å². The van der Waals surface area contributed by atoms with Crippen molar-refractivity contribution in [2.75, 3.05) is 13.2 Å². The molecule has 0 radical (unpaired) electrons. The molecular weight excluding hydrogens is 348 g/mol. The maximum Gasteiger partial charge on any atom is 0.305 e. The van der Waals surface area contributed by atoms with Crippen LogP contribution >= 0.6 is 0 Å². The smallest absolute Gasteiger partial charge is 0.305 e. The first-order valence-electron chi connectivity index (χ1n) is 10.7. The molecule has 5 aliphatic rings. The first-order chi connectivity index (χ1) is 13.2. The van der Waals surface area contributed by atoms with Gasteiger partial charge in [0.1, 0.15) is 6.61 Å². The summed E-state index contributed by atoms with van der Waals surface area (Å²) in [5, 5.41) is 0. The number of hydrogen-bond acceptors (Lipinski definition) is 6. The van der Waals surface area contributed by atoms with E-state index >= 15 is 0 Å². The molecule has 0 spiro atoms. The molecule has 0 amide bonds. The number of carbonyl (C=O) groups excluding carboxylic acids is 1. The van der Waals surface area contributed by atoms with E-state index in [-0.39, 0.29) is 5.97 Å². The largest absolute Gasteiger partial charge is 0.467 e. The summed E-state index contributed by atoms with van der Waals surface area (Å²) >= 11 is 0. The summed E-state index contributed by atoms with van der Waals surface area (Å²) in [5.74, 6) is -0.0386. The Morgan fingerprint density at radius 1 is 1.11 bits per heavy atom. The summed E-state index contributed by atoms with van der Waals surface area (Å²) in [4.78, 5) is 11.9. The molecule has 5 fully saturated rings. The number of esters is 1. The lowest BCUT2D eigenvalue weighted by Gasteiger charge is -2.18. The van der Waals surface area contributed by atoms with E-state index in [1.54, 1.807) is 0 Å². The van der Waals surface area contributed by atoms with E-state index in [0.29, 0.717) is 50.0 Å². The van der Waals surface area contributed by atoms with Gasteiger partial charge in [-0.3, -0.25) is 4.79 Å². The van der Waals surface area contributed by atoms with Crippen molar-refractivity contribution < 1.29 is 28.5 Å². The summed E-state index contributed by atoms with van der Waals surface area (Å²) in [6.45, 7) is 1.20. The van der Waals surface area contributed by atoms with Crippen molar-refractivity contribution in [3.8, 4) is 0 Å². The third kappa shape index (κ3) is 4.66. The Kier molecular flexibility index (Phi) is 4.90. The van der Waals surface area contributed by atoms with Crippen molar-refractivity contribution in [1.29, 1.82) is 0 Å². The van der Waals surface area contributed by atoms with Crippen LogP contribution in [0.5, 0.6) is 0 Å². The minimum atomic E-state index is -0.443. The highest BCUT2D eigenvalue weighted by molar-refractivity contribution is 5.69. The maximum absolute atomic E-state index is 11.9. The molecule has 3 aliphatic heterocycles. The third-order valence-electron chi connectivity index (χ3n) is 6.59. The zero-order valence-corrected chi connectivity index (χ0v) is 15.9. The lowest BCUT2D eigenvalue weighted by molar-refractivity contribution is -0.145. The zero-order valence-electron chi connectivity index (χ0n) is 15.9. The van der Waals surface area contributed by atoms with E-state index in [1.807, 2.05) is 6.26 Å². The Hall–Kier alpha value is -1.11. The second kappa shape index (κ2) is 7.37. The van der Waals surface area contributed by atoms with Crippen LogP contribution in [-0.4, -0.2) is 49.4 Å². The van der Waals surface area contributed by atoms with Gasteiger partial charge in [-0.15, -0.1) is 0 Å². The average Bonchev–Trinajstić information content (AvgIpc) is 3.56. The number of carbonyl (C=O) groups is 1. The van der Waals surface area contributed by atoms with Crippen LogP contribution in [0.25, 0.3) is 0 Å². The van der Waals surface area contributed by atoms with Crippen LogP contribution in [0, 0.1) is 5.92 Å². The third-order valence-corrected chi connectivity index (χ3v) is 6.59. The van der Waals surface area contributed by atoms with E-state index in [9.17, 15) is 4.79 Å². The van der Waals surface area contributed by atoms with Gasteiger partial charge in [-0.25, -0.2) is 0 Å². The molecule has 0 aromatic rings. The van der Waals surface area contributed by atoms with Crippen LogP contribution in [0.1, 0.15) is 64.2 Å². The van der Waals surface area contributed by atoms with Gasteiger partial charge in [-0.1, -0.05) is 0 Å². The number of unbranched alkanes of at least 4 members (excludes halogenated alkanes) is 1. The molecule has 3 saturated heterocycles. The molecule has 2 saturated carbocycles. The first kappa shape index (κ1) is 18.0. The Labute approximate surface area is 160 Å². The van der Waals surface area contributed by atoms with E-state index in [0.717, 1.165) is 57.8 Å². The quantitative estimate of drug-likeness (QED) is 0.265. The molecular formula is C21H30O6. The molecule has 6 nitrogen and oxygen atoms in total. The van der Waals surface area contributed by atoms with Gasteiger partial charge >= 0.3 is 5.97 Å². The van der Waals surface area contributed by atoms with E-state index in [1.165, 1.54) is 5.57 Å². The van der Waals surface area contributed by atoms with Gasteiger partial charge < -0.3 is 23.7 Å². The van der Waals surface area contributed by atoms with Gasteiger partial charge in [0.15, 0.2) is 0 Å². The second-order valence-corrected chi connectivity index (χ2v) is 8.83. The Morgan fingerprint density at radius 2 is 1.96 bits per heavy atom. The summed E-state index contributed by atoms with van der Waals surface area (Å²) in [6.07, 6.45) is 13.3. The number of ether oxygens (including phenoxy) is 5. The molecule has 0 aromatic carbocycles. The first-order valence-corrected chi connectivity index (χ1v) is 10.7. The minimum Gasteiger partial charge on any atom is -0.467 e. The zero-order chi connectivity index (χ0) is 18.3. The van der Waals surface area contributed by atoms with Gasteiger partial charge in [0, 0.05) is 19.3 Å². The fourth-order valence-corrected chi connectivity index (χ4v) is 4.54. The van der Waals surface area contributed by atoms with Gasteiger partial charge in [-0.05, 0) is 56.4 Å². The Balaban J connectivity index is 0.943. The normalized spacial score (nSPS) is 42.8. The highest BCUT2D eigenvalue weighted by atomic mass is 16.8. The molecule has 3 heterocycles. The van der Waals surface area contributed by atoms with Gasteiger partial charge in [-0.2, -0.15) is 0 Å². The molecule has 0 bridgehead atoms. The topological polar surface area (TPSA) is 73.1 Å². The molecule has 6 atom stereocenters. The van der Waals surface area contributed by atoms with Crippen molar-refractivity contribution in [1.82, 2.24) is 0 Å². The van der Waals surface area contributed by atoms with Crippen LogP contribution < -0.4 is 0 Å². The SMILES string of the molecule is O=C(CCCCC1(O/C=C2\CCC3OC3C2)CO1)OCC1CCC2OC2C1. The summed E-state index contributed by atoms with van der Waals surface area (Å²) in [6, 6.07) is 0. The molecule has 0 N–H and O–H groups in total. The molecule has 5 rings (SSSR count). The number of epoxide rings is 3. The van der Waals surface area contributed by atoms with Gasteiger partial charge in [0.05, 0.1) is 37.3 Å². The van der Waals surface area contributed by atoms with Crippen molar-refractivity contribution in [2.45, 2.75) is 94.4 Å². The van der Waals surface area contributed by atoms with Crippen molar-refractivity contribution in [3.63, 3.8) is 0 Å². The molecule has 0 aromatic heterocycles. The van der Waals surface area contributed by atoms with Crippen LogP contribution in [0.15, 0.2) is 11.8 Å². The van der Waals surface area contributed by atoms with Crippen LogP contribution in [-0.2, 0) is 28.5 Å². The van der Waals surface area contributed by atoms with Crippen molar-refractivity contribution >= 4 is 5.97 Å². The molecule has 27 heavy (non-hydrogen) atoms. The lowest BCUT2D eigenvalue weighted by atomic mass is 9.90. The summed E-state index contributed by atoms with van der Waals surface area (Å²) in [7, 11) is 0. The summed E-state index contributed by atoms with van der Waals surface area (Å²) in [5.41, 5.74) is 1.33. The van der Waals surface area contributed by atoms with Crippen molar-refractivity contribution in [2.24, 2.45) is 5.92 Å². The molecule has 6 heteroatoms. The van der Waals surface area contributed by atoms with Crippen LogP contribution in [0.3, 0.4) is 0 Å². The average molecular weight is 378 g/mol. The number of fused-ring (bicyclic) bond motifs is 2. The monoisotopic (exact) mass is 378 g/mol. The van der Waals surface area contributed by atoms with Gasteiger partial charge in [0.25, 0.3) is 0 Å². The molecule has 2 aliphatic carbocycles. The highest BCUT2D eigenvalue weighted by Crippen LogP contribution is 2.41. The molecule has 6 unspecified atom stereocenters. The minimum absolute atomic E-state index is 0.0798. The fourth-order valence-electron chi connectivity index (χ4n) is 4.54. The Morgan fingerprint density at radius 3 is 2.78 bits per heavy atom. The summed E-state index contributed by atoms with van der Waals surface area (Å²) < 4.78 is 28.0. The fraction of sp³-hybridized carbons (Fsp3) is 0.857. The van der Waals surface area contributed by atoms with E-state index in [2.05, 4.69) is 0 Å². The van der Waals surface area contributed by atoms with E-state index in [4.69, 9.17) is 23.7 Å². The lowest BCUT2D eigenvalue weighted by Crippen LogP contribution is -2.20. The predicted molar refractivity (Wildman–Crippen MR) is 95.8 cm³/mol.